The Labute approximate surface area is 101 Å². The predicted octanol–water partition coefficient (Wildman–Crippen LogP) is 2.94. The van der Waals surface area contributed by atoms with Crippen LogP contribution >= 0.6 is 0 Å². The number of halogens is 3. The summed E-state index contributed by atoms with van der Waals surface area (Å²) in [6.45, 7) is 1.62. The van der Waals surface area contributed by atoms with Crippen molar-refractivity contribution in [3.63, 3.8) is 0 Å². The van der Waals surface area contributed by atoms with E-state index in [1.54, 1.807) is 31.2 Å². The molecule has 0 radical (unpaired) electrons. The highest BCUT2D eigenvalue weighted by atomic mass is 19.4. The number of rotatable bonds is 2. The summed E-state index contributed by atoms with van der Waals surface area (Å²) in [6.07, 6.45) is -3.29. The van der Waals surface area contributed by atoms with E-state index in [9.17, 15) is 18.3 Å². The van der Waals surface area contributed by atoms with Gasteiger partial charge in [0.2, 0.25) is 0 Å². The molecule has 3 nitrogen and oxygen atoms in total. The molecule has 0 aliphatic heterocycles. The van der Waals surface area contributed by atoms with E-state index in [4.69, 9.17) is 0 Å². The first kappa shape index (κ1) is 12.6. The molecule has 0 saturated heterocycles. The van der Waals surface area contributed by atoms with Crippen LogP contribution in [-0.4, -0.2) is 14.9 Å². The van der Waals surface area contributed by atoms with E-state index in [2.05, 4.69) is 5.10 Å². The molecule has 1 N–H and O–H groups in total. The van der Waals surface area contributed by atoms with E-state index in [0.29, 0.717) is 11.3 Å². The second kappa shape index (κ2) is 4.45. The maximum atomic E-state index is 12.4. The molecule has 0 amide bonds. The molecular weight excluding hydrogens is 245 g/mol. The van der Waals surface area contributed by atoms with Crippen LogP contribution < -0.4 is 0 Å². The van der Waals surface area contributed by atoms with Crippen LogP contribution in [0.25, 0.3) is 5.69 Å². The zero-order valence-electron chi connectivity index (χ0n) is 9.52. The Balaban J connectivity index is 2.29. The lowest BCUT2D eigenvalue weighted by Crippen LogP contribution is -2.03. The fraction of sp³-hybridized carbons (Fsp3) is 0.250. The largest absolute Gasteiger partial charge is 0.419 e. The SMILES string of the molecule is CC(O)c1ccc(-n2cc(C(F)(F)F)cn2)cc1. The van der Waals surface area contributed by atoms with Gasteiger partial charge in [0.05, 0.1) is 23.6 Å². The Morgan fingerprint density at radius 1 is 1.22 bits per heavy atom. The van der Waals surface area contributed by atoms with Crippen molar-refractivity contribution in [3.8, 4) is 5.69 Å². The van der Waals surface area contributed by atoms with E-state index < -0.39 is 17.8 Å². The van der Waals surface area contributed by atoms with Gasteiger partial charge in [-0.3, -0.25) is 0 Å². The molecule has 1 heterocycles. The first-order valence-electron chi connectivity index (χ1n) is 5.28. The Morgan fingerprint density at radius 2 is 1.83 bits per heavy atom. The van der Waals surface area contributed by atoms with Gasteiger partial charge in [0.1, 0.15) is 0 Å². The van der Waals surface area contributed by atoms with Crippen LogP contribution in [0.3, 0.4) is 0 Å². The Hall–Kier alpha value is -1.82. The summed E-state index contributed by atoms with van der Waals surface area (Å²) in [4.78, 5) is 0. The first-order valence-corrected chi connectivity index (χ1v) is 5.28. The van der Waals surface area contributed by atoms with Crippen LogP contribution in [0.4, 0.5) is 13.2 Å². The van der Waals surface area contributed by atoms with Crippen molar-refractivity contribution in [3.05, 3.63) is 47.8 Å². The van der Waals surface area contributed by atoms with Crippen LogP contribution in [0.5, 0.6) is 0 Å². The van der Waals surface area contributed by atoms with Gasteiger partial charge < -0.3 is 5.11 Å². The molecule has 6 heteroatoms. The molecule has 2 rings (SSSR count). The second-order valence-electron chi connectivity index (χ2n) is 3.94. The number of aliphatic hydroxyl groups is 1. The molecule has 1 aromatic heterocycles. The Bertz CT molecular complexity index is 529. The standard InChI is InChI=1S/C12H11F3N2O/c1-8(18)9-2-4-11(5-3-9)17-7-10(6-16-17)12(13,14)15/h2-8,18H,1H3. The molecular formula is C12H11F3N2O. The van der Waals surface area contributed by atoms with Crippen molar-refractivity contribution >= 4 is 0 Å². The number of benzene rings is 1. The van der Waals surface area contributed by atoms with Crippen LogP contribution in [-0.2, 0) is 6.18 Å². The average molecular weight is 256 g/mol. The molecule has 18 heavy (non-hydrogen) atoms. The minimum Gasteiger partial charge on any atom is -0.389 e. The van der Waals surface area contributed by atoms with Gasteiger partial charge in [-0.1, -0.05) is 12.1 Å². The molecule has 0 fully saturated rings. The molecule has 0 spiro atoms. The third-order valence-electron chi connectivity index (χ3n) is 2.55. The summed E-state index contributed by atoms with van der Waals surface area (Å²) in [7, 11) is 0. The number of aromatic nitrogens is 2. The molecule has 0 aliphatic carbocycles. The van der Waals surface area contributed by atoms with Crippen molar-refractivity contribution in [2.24, 2.45) is 0 Å². The van der Waals surface area contributed by atoms with Crippen LogP contribution in [0, 0.1) is 0 Å². The van der Waals surface area contributed by atoms with Crippen molar-refractivity contribution in [1.82, 2.24) is 9.78 Å². The quantitative estimate of drug-likeness (QED) is 0.897. The van der Waals surface area contributed by atoms with Crippen molar-refractivity contribution in [2.45, 2.75) is 19.2 Å². The van der Waals surface area contributed by atoms with E-state index in [1.165, 1.54) is 0 Å². The normalized spacial score (nSPS) is 13.6. The highest BCUT2D eigenvalue weighted by Gasteiger charge is 2.32. The second-order valence-corrected chi connectivity index (χ2v) is 3.94. The van der Waals surface area contributed by atoms with Gasteiger partial charge in [-0.15, -0.1) is 0 Å². The molecule has 96 valence electrons. The molecule has 1 aromatic carbocycles. The van der Waals surface area contributed by atoms with Gasteiger partial charge in [0.15, 0.2) is 0 Å². The van der Waals surface area contributed by atoms with Crippen LogP contribution in [0.15, 0.2) is 36.7 Å². The zero-order chi connectivity index (χ0) is 13.3. The lowest BCUT2D eigenvalue weighted by atomic mass is 10.1. The maximum absolute atomic E-state index is 12.4. The average Bonchev–Trinajstić information content (AvgIpc) is 2.78. The molecule has 0 aliphatic rings. The van der Waals surface area contributed by atoms with Gasteiger partial charge >= 0.3 is 6.18 Å². The van der Waals surface area contributed by atoms with Gasteiger partial charge in [-0.25, -0.2) is 4.68 Å². The van der Waals surface area contributed by atoms with E-state index in [-0.39, 0.29) is 0 Å². The van der Waals surface area contributed by atoms with E-state index >= 15 is 0 Å². The summed E-state index contributed by atoms with van der Waals surface area (Å²) in [5, 5.41) is 13.0. The summed E-state index contributed by atoms with van der Waals surface area (Å²) >= 11 is 0. The smallest absolute Gasteiger partial charge is 0.389 e. The van der Waals surface area contributed by atoms with Crippen LogP contribution in [0.2, 0.25) is 0 Å². The first-order chi connectivity index (χ1) is 8.38. The highest BCUT2D eigenvalue weighted by molar-refractivity contribution is 5.35. The molecule has 1 unspecified atom stereocenters. The summed E-state index contributed by atoms with van der Waals surface area (Å²) in [6, 6.07) is 6.51. The Morgan fingerprint density at radius 3 is 2.28 bits per heavy atom. The molecule has 0 saturated carbocycles. The monoisotopic (exact) mass is 256 g/mol. The van der Waals surface area contributed by atoms with Gasteiger partial charge in [0.25, 0.3) is 0 Å². The third kappa shape index (κ3) is 2.53. The lowest BCUT2D eigenvalue weighted by molar-refractivity contribution is -0.137. The number of alkyl halides is 3. The molecule has 1 atom stereocenters. The van der Waals surface area contributed by atoms with Crippen molar-refractivity contribution in [2.75, 3.05) is 0 Å². The lowest BCUT2D eigenvalue weighted by Gasteiger charge is -2.06. The fourth-order valence-electron chi connectivity index (χ4n) is 1.52. The van der Waals surface area contributed by atoms with Gasteiger partial charge in [0, 0.05) is 6.20 Å². The summed E-state index contributed by atoms with van der Waals surface area (Å²) in [5.74, 6) is 0. The number of hydrogen-bond donors (Lipinski definition) is 1. The van der Waals surface area contributed by atoms with Gasteiger partial charge in [-0.05, 0) is 24.6 Å². The topological polar surface area (TPSA) is 38.0 Å². The summed E-state index contributed by atoms with van der Waals surface area (Å²) in [5.41, 5.74) is 0.416. The minimum absolute atomic E-state index is 0.509. The minimum atomic E-state index is -4.39. The van der Waals surface area contributed by atoms with Crippen molar-refractivity contribution in [1.29, 1.82) is 0 Å². The number of aliphatic hydroxyl groups excluding tert-OH is 1. The summed E-state index contributed by atoms with van der Waals surface area (Å²) < 4.78 is 38.3. The van der Waals surface area contributed by atoms with Crippen LogP contribution in [0.1, 0.15) is 24.2 Å². The Kier molecular flexibility index (Phi) is 3.13. The number of hydrogen-bond acceptors (Lipinski definition) is 2. The predicted molar refractivity (Wildman–Crippen MR) is 59.2 cm³/mol. The zero-order valence-corrected chi connectivity index (χ0v) is 9.52. The molecule has 2 aromatic rings. The number of nitrogens with zero attached hydrogens (tertiary/aromatic N) is 2. The van der Waals surface area contributed by atoms with E-state index in [0.717, 1.165) is 17.1 Å². The molecule has 0 bridgehead atoms. The third-order valence-corrected chi connectivity index (χ3v) is 2.55. The van der Waals surface area contributed by atoms with Crippen molar-refractivity contribution < 1.29 is 18.3 Å². The van der Waals surface area contributed by atoms with Gasteiger partial charge in [-0.2, -0.15) is 18.3 Å². The van der Waals surface area contributed by atoms with E-state index in [1.807, 2.05) is 0 Å². The maximum Gasteiger partial charge on any atom is 0.419 e. The highest BCUT2D eigenvalue weighted by Crippen LogP contribution is 2.29. The fourth-order valence-corrected chi connectivity index (χ4v) is 1.52.